The van der Waals surface area contributed by atoms with Gasteiger partial charge in [-0.05, 0) is 44.9 Å². The summed E-state index contributed by atoms with van der Waals surface area (Å²) in [5.41, 5.74) is 4.63. The molecule has 1 aromatic heterocycles. The first-order valence-electron chi connectivity index (χ1n) is 8.21. The van der Waals surface area contributed by atoms with Gasteiger partial charge in [0.2, 0.25) is 0 Å². The van der Waals surface area contributed by atoms with E-state index in [1.54, 1.807) is 0 Å². The Morgan fingerprint density at radius 2 is 1.79 bits per heavy atom. The number of aromatic nitrogens is 1. The summed E-state index contributed by atoms with van der Waals surface area (Å²) in [7, 11) is 0. The molecule has 1 heterocycles. The Hall–Kier alpha value is -1.75. The van der Waals surface area contributed by atoms with E-state index in [0.717, 1.165) is 11.1 Å². The van der Waals surface area contributed by atoms with Crippen LogP contribution in [0.1, 0.15) is 39.3 Å². The Balaban J connectivity index is 1.88. The van der Waals surface area contributed by atoms with Gasteiger partial charge in [0.25, 0.3) is 0 Å². The van der Waals surface area contributed by atoms with Crippen molar-refractivity contribution in [1.82, 2.24) is 9.71 Å². The van der Waals surface area contributed by atoms with Gasteiger partial charge < -0.3 is 9.54 Å². The maximum absolute atomic E-state index is 12.3. The number of hydrogen-bond acceptors (Lipinski definition) is 2. The molecule has 2 N–H and O–H groups in total. The number of nitrogens with one attached hydrogen (secondary N) is 2. The highest BCUT2D eigenvalue weighted by Gasteiger charge is 2.28. The van der Waals surface area contributed by atoms with Crippen LogP contribution in [-0.4, -0.2) is 14.3 Å². The summed E-state index contributed by atoms with van der Waals surface area (Å²) < 4.78 is 15.2. The molecule has 2 aromatic carbocycles. The van der Waals surface area contributed by atoms with Gasteiger partial charge in [0.15, 0.2) is 0 Å². The summed E-state index contributed by atoms with van der Waals surface area (Å²) in [6.45, 7) is 7.97. The molecule has 3 rings (SSSR count). The first kappa shape index (κ1) is 17.1. The van der Waals surface area contributed by atoms with Gasteiger partial charge in [0.1, 0.15) is 4.75 Å². The zero-order valence-corrected chi connectivity index (χ0v) is 15.4. The van der Waals surface area contributed by atoms with Crippen LogP contribution in [0.4, 0.5) is 0 Å². The van der Waals surface area contributed by atoms with Crippen molar-refractivity contribution in [3.05, 3.63) is 60.3 Å². The molecule has 3 aromatic rings. The first-order valence-corrected chi connectivity index (χ1v) is 9.36. The van der Waals surface area contributed by atoms with Gasteiger partial charge in [-0.15, -0.1) is 4.72 Å². The van der Waals surface area contributed by atoms with E-state index in [1.165, 1.54) is 16.5 Å². The third-order valence-electron chi connectivity index (χ3n) is 4.13. The number of H-pyrrole nitrogens is 1. The monoisotopic (exact) mass is 340 g/mol. The van der Waals surface area contributed by atoms with E-state index in [1.807, 2.05) is 33.8 Å². The average molecular weight is 340 g/mol. The van der Waals surface area contributed by atoms with Crippen LogP contribution in [0.5, 0.6) is 0 Å². The van der Waals surface area contributed by atoms with E-state index < -0.39 is 11.4 Å². The summed E-state index contributed by atoms with van der Waals surface area (Å²) >= 11 is -1.09. The third kappa shape index (κ3) is 3.51. The molecule has 0 saturated heterocycles. The highest BCUT2D eigenvalue weighted by Crippen LogP contribution is 2.30. The fraction of sp³-hybridized carbons (Fsp3) is 0.300. The van der Waals surface area contributed by atoms with Crippen LogP contribution in [0.25, 0.3) is 22.0 Å². The molecule has 0 radical (unpaired) electrons. The minimum atomic E-state index is -1.09. The Kier molecular flexibility index (Phi) is 4.72. The maximum Gasteiger partial charge on any atom is 0.136 e. The zero-order valence-electron chi connectivity index (χ0n) is 14.6. The molecule has 3 nitrogen and oxygen atoms in total. The normalized spacial score (nSPS) is 14.7. The second kappa shape index (κ2) is 6.63. The summed E-state index contributed by atoms with van der Waals surface area (Å²) in [5.74, 6) is 0. The van der Waals surface area contributed by atoms with Crippen LogP contribution in [0.15, 0.2) is 54.7 Å². The van der Waals surface area contributed by atoms with Crippen molar-refractivity contribution >= 4 is 22.3 Å². The van der Waals surface area contributed by atoms with Crippen LogP contribution in [0, 0.1) is 0 Å². The molecule has 4 heteroatoms. The van der Waals surface area contributed by atoms with Gasteiger partial charge in [-0.2, -0.15) is 0 Å². The van der Waals surface area contributed by atoms with Crippen molar-refractivity contribution in [1.29, 1.82) is 0 Å². The van der Waals surface area contributed by atoms with Crippen LogP contribution in [0.3, 0.4) is 0 Å². The van der Waals surface area contributed by atoms with E-state index in [4.69, 9.17) is 0 Å². The topological polar surface area (TPSA) is 50.9 Å². The van der Waals surface area contributed by atoms with E-state index in [9.17, 15) is 4.55 Å². The molecule has 0 bridgehead atoms. The van der Waals surface area contributed by atoms with E-state index in [2.05, 4.69) is 58.4 Å². The number of fused-ring (bicyclic) bond motifs is 1. The van der Waals surface area contributed by atoms with Crippen molar-refractivity contribution in [2.45, 2.75) is 38.5 Å². The molecule has 24 heavy (non-hydrogen) atoms. The summed E-state index contributed by atoms with van der Waals surface area (Å²) in [5, 5.41) is 1.20. The Morgan fingerprint density at radius 3 is 2.46 bits per heavy atom. The van der Waals surface area contributed by atoms with Crippen LogP contribution in [-0.2, 0) is 11.4 Å². The molecular formula is C20H24N2OS. The lowest BCUT2D eigenvalue weighted by molar-refractivity contribution is 0.531. The van der Waals surface area contributed by atoms with Gasteiger partial charge in [-0.1, -0.05) is 42.5 Å². The maximum atomic E-state index is 12.3. The molecule has 0 saturated carbocycles. The second-order valence-electron chi connectivity index (χ2n) is 7.09. The number of aromatic amines is 1. The van der Waals surface area contributed by atoms with Crippen molar-refractivity contribution in [3.63, 3.8) is 0 Å². The smallest absolute Gasteiger partial charge is 0.136 e. The first-order chi connectivity index (χ1) is 11.4. The second-order valence-corrected chi connectivity index (χ2v) is 9.09. The van der Waals surface area contributed by atoms with E-state index in [-0.39, 0.29) is 10.8 Å². The van der Waals surface area contributed by atoms with E-state index >= 15 is 0 Å². The lowest BCUT2D eigenvalue weighted by Crippen LogP contribution is -2.40. The summed E-state index contributed by atoms with van der Waals surface area (Å²) in [6, 6.07) is 16.8. The average Bonchev–Trinajstić information content (AvgIpc) is 2.97. The quantitative estimate of drug-likeness (QED) is 0.660. The zero-order chi connectivity index (χ0) is 17.3. The fourth-order valence-corrected chi connectivity index (χ4v) is 3.49. The third-order valence-corrected chi connectivity index (χ3v) is 5.81. The number of benzene rings is 2. The molecule has 1 unspecified atom stereocenters. The van der Waals surface area contributed by atoms with Crippen molar-refractivity contribution in [2.75, 3.05) is 0 Å². The molecule has 126 valence electrons. The predicted octanol–water partition coefficient (Wildman–Crippen LogP) is 4.95. The molecular weight excluding hydrogens is 316 g/mol. The highest BCUT2D eigenvalue weighted by molar-refractivity contribution is 7.90. The molecule has 0 amide bonds. The highest BCUT2D eigenvalue weighted by atomic mass is 32.2. The van der Waals surface area contributed by atoms with Crippen molar-refractivity contribution < 1.29 is 4.55 Å². The van der Waals surface area contributed by atoms with Crippen molar-refractivity contribution in [2.24, 2.45) is 0 Å². The fourth-order valence-electron chi connectivity index (χ4n) is 2.68. The van der Waals surface area contributed by atoms with Gasteiger partial charge in [0.05, 0.1) is 6.04 Å². The van der Waals surface area contributed by atoms with Gasteiger partial charge >= 0.3 is 0 Å². The number of hydrogen-bond donors (Lipinski definition) is 2. The van der Waals surface area contributed by atoms with Gasteiger partial charge in [-0.25, -0.2) is 0 Å². The molecule has 0 aliphatic heterocycles. The standard InChI is InChI=1S/C20H24N2OS/c1-14(22-24(23)20(2,3)4)16-10-11-17-18(13-21-19(17)12-16)15-8-6-5-7-9-15/h5-14,21-22H,1-4H3/t14-,24?/m0/s1. The summed E-state index contributed by atoms with van der Waals surface area (Å²) in [4.78, 5) is 3.36. The van der Waals surface area contributed by atoms with Crippen molar-refractivity contribution in [3.8, 4) is 11.1 Å². The molecule has 0 aliphatic carbocycles. The Morgan fingerprint density at radius 1 is 1.08 bits per heavy atom. The minimum absolute atomic E-state index is 0.0259. The number of rotatable bonds is 4. The lowest BCUT2D eigenvalue weighted by atomic mass is 10.0. The molecule has 2 atom stereocenters. The van der Waals surface area contributed by atoms with Gasteiger partial charge in [-0.3, -0.25) is 0 Å². The van der Waals surface area contributed by atoms with E-state index in [0.29, 0.717) is 0 Å². The largest absolute Gasteiger partial charge is 0.598 e. The minimum Gasteiger partial charge on any atom is -0.598 e. The lowest BCUT2D eigenvalue weighted by Gasteiger charge is -2.26. The Bertz CT molecular complexity index is 821. The summed E-state index contributed by atoms with van der Waals surface area (Å²) in [6.07, 6.45) is 2.05. The SMILES string of the molecule is C[C@H](N[S+]([O-])C(C)(C)C)c1ccc2c(-c3ccccc3)c[nH]c2c1. The predicted molar refractivity (Wildman–Crippen MR) is 103 cm³/mol. The molecule has 0 aliphatic rings. The van der Waals surface area contributed by atoms with Gasteiger partial charge in [0, 0.05) is 34.0 Å². The van der Waals surface area contributed by atoms with Crippen LogP contribution in [0.2, 0.25) is 0 Å². The van der Waals surface area contributed by atoms with Crippen LogP contribution < -0.4 is 4.72 Å². The molecule has 0 fully saturated rings. The Labute approximate surface area is 146 Å². The molecule has 0 spiro atoms. The van der Waals surface area contributed by atoms with Crippen LogP contribution >= 0.6 is 0 Å².